The van der Waals surface area contributed by atoms with Crippen LogP contribution < -0.4 is 10.5 Å². The van der Waals surface area contributed by atoms with Gasteiger partial charge in [0.1, 0.15) is 16.5 Å². The van der Waals surface area contributed by atoms with Crippen molar-refractivity contribution in [2.24, 2.45) is 0 Å². The van der Waals surface area contributed by atoms with Gasteiger partial charge in [-0.1, -0.05) is 15.9 Å². The van der Waals surface area contributed by atoms with Crippen molar-refractivity contribution in [2.45, 2.75) is 4.90 Å². The van der Waals surface area contributed by atoms with Crippen LogP contribution in [0.2, 0.25) is 0 Å². The van der Waals surface area contributed by atoms with E-state index in [0.717, 1.165) is 18.2 Å². The third kappa shape index (κ3) is 3.53. The summed E-state index contributed by atoms with van der Waals surface area (Å²) in [6.07, 6.45) is 0. The number of sulfonamides is 1. The maximum absolute atomic E-state index is 13.7. The van der Waals surface area contributed by atoms with Gasteiger partial charge >= 0.3 is 0 Å². The molecule has 0 amide bonds. The van der Waals surface area contributed by atoms with Crippen LogP contribution in [0, 0.1) is 11.6 Å². The van der Waals surface area contributed by atoms with Crippen LogP contribution in [-0.2, 0) is 10.0 Å². The molecule has 112 valence electrons. The van der Waals surface area contributed by atoms with Gasteiger partial charge in [0.25, 0.3) is 10.0 Å². The van der Waals surface area contributed by atoms with Crippen LogP contribution >= 0.6 is 31.9 Å². The van der Waals surface area contributed by atoms with E-state index in [1.165, 1.54) is 12.1 Å². The van der Waals surface area contributed by atoms with Gasteiger partial charge in [-0.05, 0) is 46.3 Å². The molecule has 0 aliphatic heterocycles. The SMILES string of the molecule is Nc1cc(S(=O)(=O)Nc2ccc(Br)cc2F)c(Br)cc1F. The third-order valence-corrected chi connectivity index (χ3v) is 5.33. The first-order valence-electron chi connectivity index (χ1n) is 5.43. The van der Waals surface area contributed by atoms with Crippen molar-refractivity contribution in [3.8, 4) is 0 Å². The first kappa shape index (κ1) is 16.2. The number of nitrogen functional groups attached to an aromatic ring is 1. The van der Waals surface area contributed by atoms with Crippen LogP contribution in [0.25, 0.3) is 0 Å². The minimum absolute atomic E-state index is 0.0146. The van der Waals surface area contributed by atoms with E-state index in [1.54, 1.807) is 0 Å². The zero-order valence-electron chi connectivity index (χ0n) is 10.2. The molecule has 0 aliphatic rings. The van der Waals surface area contributed by atoms with Gasteiger partial charge in [-0.25, -0.2) is 17.2 Å². The predicted molar refractivity (Wildman–Crippen MR) is 83.4 cm³/mol. The Kier molecular flexibility index (Phi) is 4.54. The fraction of sp³-hybridized carbons (Fsp3) is 0. The lowest BCUT2D eigenvalue weighted by molar-refractivity contribution is 0.596. The van der Waals surface area contributed by atoms with E-state index in [9.17, 15) is 17.2 Å². The smallest absolute Gasteiger partial charge is 0.263 e. The van der Waals surface area contributed by atoms with Gasteiger partial charge < -0.3 is 5.73 Å². The van der Waals surface area contributed by atoms with E-state index in [1.807, 2.05) is 0 Å². The van der Waals surface area contributed by atoms with E-state index < -0.39 is 21.7 Å². The van der Waals surface area contributed by atoms with Crippen molar-refractivity contribution in [1.82, 2.24) is 0 Å². The minimum atomic E-state index is -4.12. The molecular weight excluding hydrogens is 434 g/mol. The van der Waals surface area contributed by atoms with Gasteiger partial charge in [-0.15, -0.1) is 0 Å². The van der Waals surface area contributed by atoms with E-state index in [4.69, 9.17) is 5.73 Å². The summed E-state index contributed by atoms with van der Waals surface area (Å²) in [6.45, 7) is 0. The first-order valence-corrected chi connectivity index (χ1v) is 8.50. The summed E-state index contributed by atoms with van der Waals surface area (Å²) in [5.41, 5.74) is 4.81. The summed E-state index contributed by atoms with van der Waals surface area (Å²) < 4.78 is 53.9. The molecule has 0 saturated carbocycles. The summed E-state index contributed by atoms with van der Waals surface area (Å²) in [7, 11) is -4.12. The zero-order valence-corrected chi connectivity index (χ0v) is 14.2. The number of benzene rings is 2. The molecule has 3 N–H and O–H groups in total. The lowest BCUT2D eigenvalue weighted by Crippen LogP contribution is -2.15. The second-order valence-electron chi connectivity index (χ2n) is 4.03. The lowest BCUT2D eigenvalue weighted by Gasteiger charge is -2.11. The average molecular weight is 442 g/mol. The maximum Gasteiger partial charge on any atom is 0.263 e. The molecule has 2 rings (SSSR count). The van der Waals surface area contributed by atoms with Crippen molar-refractivity contribution in [3.05, 3.63) is 50.9 Å². The fourth-order valence-electron chi connectivity index (χ4n) is 1.52. The molecule has 0 fully saturated rings. The summed E-state index contributed by atoms with van der Waals surface area (Å²) >= 11 is 6.01. The molecular formula is C12H8Br2F2N2O2S. The minimum Gasteiger partial charge on any atom is -0.396 e. The molecule has 0 aliphatic carbocycles. The van der Waals surface area contributed by atoms with E-state index in [0.29, 0.717) is 4.47 Å². The first-order chi connectivity index (χ1) is 9.70. The molecule has 2 aromatic carbocycles. The van der Waals surface area contributed by atoms with Crippen LogP contribution in [0.15, 0.2) is 44.2 Å². The molecule has 2 aromatic rings. The largest absolute Gasteiger partial charge is 0.396 e. The quantitative estimate of drug-likeness (QED) is 0.710. The summed E-state index contributed by atoms with van der Waals surface area (Å²) in [6, 6.07) is 5.75. The number of rotatable bonds is 3. The topological polar surface area (TPSA) is 72.2 Å². The third-order valence-electron chi connectivity index (χ3n) is 2.52. The molecule has 0 spiro atoms. The van der Waals surface area contributed by atoms with Crippen LogP contribution in [-0.4, -0.2) is 8.42 Å². The van der Waals surface area contributed by atoms with Gasteiger partial charge in [0.05, 0.1) is 11.4 Å². The van der Waals surface area contributed by atoms with Crippen molar-refractivity contribution in [1.29, 1.82) is 0 Å². The molecule has 0 aromatic heterocycles. The van der Waals surface area contributed by atoms with Crippen molar-refractivity contribution in [3.63, 3.8) is 0 Å². The Labute approximate surface area is 136 Å². The van der Waals surface area contributed by atoms with Crippen molar-refractivity contribution < 1.29 is 17.2 Å². The Balaban J connectivity index is 2.46. The number of halogens is 4. The summed E-state index contributed by atoms with van der Waals surface area (Å²) in [4.78, 5) is -0.288. The average Bonchev–Trinajstić information content (AvgIpc) is 2.37. The van der Waals surface area contributed by atoms with Gasteiger partial charge in [-0.2, -0.15) is 0 Å². The molecule has 0 saturated heterocycles. The number of nitrogens with one attached hydrogen (secondary N) is 1. The summed E-state index contributed by atoms with van der Waals surface area (Å²) in [5.74, 6) is -1.50. The van der Waals surface area contributed by atoms with Crippen LogP contribution in [0.4, 0.5) is 20.2 Å². The monoisotopic (exact) mass is 440 g/mol. The molecule has 0 bridgehead atoms. The molecule has 0 atom stereocenters. The fourth-order valence-corrected chi connectivity index (χ4v) is 3.97. The second-order valence-corrected chi connectivity index (χ2v) is 7.45. The zero-order chi connectivity index (χ0) is 15.8. The van der Waals surface area contributed by atoms with E-state index >= 15 is 0 Å². The molecule has 0 heterocycles. The van der Waals surface area contributed by atoms with Gasteiger partial charge in [0, 0.05) is 8.95 Å². The Morgan fingerprint density at radius 3 is 2.33 bits per heavy atom. The highest BCUT2D eigenvalue weighted by Gasteiger charge is 2.21. The van der Waals surface area contributed by atoms with Gasteiger partial charge in [0.15, 0.2) is 0 Å². The number of nitrogens with two attached hydrogens (primary N) is 1. The molecule has 4 nitrogen and oxygen atoms in total. The van der Waals surface area contributed by atoms with E-state index in [2.05, 4.69) is 36.6 Å². The van der Waals surface area contributed by atoms with Crippen LogP contribution in [0.5, 0.6) is 0 Å². The normalized spacial score (nSPS) is 11.4. The number of anilines is 2. The van der Waals surface area contributed by atoms with Gasteiger partial charge in [0.2, 0.25) is 0 Å². The Hall–Kier alpha value is -1.19. The number of hydrogen-bond acceptors (Lipinski definition) is 3. The predicted octanol–water partition coefficient (Wildman–Crippen LogP) is 3.87. The van der Waals surface area contributed by atoms with Crippen molar-refractivity contribution in [2.75, 3.05) is 10.5 Å². The Morgan fingerprint density at radius 1 is 1.05 bits per heavy atom. The van der Waals surface area contributed by atoms with Crippen LogP contribution in [0.3, 0.4) is 0 Å². The lowest BCUT2D eigenvalue weighted by atomic mass is 10.3. The maximum atomic E-state index is 13.7. The Bertz CT molecular complexity index is 813. The standard InChI is InChI=1S/C12H8Br2F2N2O2S/c13-6-1-2-11(9(16)3-6)18-21(19,20)12-5-10(17)8(15)4-7(12)14/h1-5,18H,17H2. The molecule has 0 unspecified atom stereocenters. The van der Waals surface area contributed by atoms with Gasteiger partial charge in [-0.3, -0.25) is 4.72 Å². The van der Waals surface area contributed by atoms with E-state index in [-0.39, 0.29) is 20.7 Å². The number of hydrogen-bond donors (Lipinski definition) is 2. The van der Waals surface area contributed by atoms with Crippen LogP contribution in [0.1, 0.15) is 0 Å². The second kappa shape index (κ2) is 5.90. The highest BCUT2D eigenvalue weighted by atomic mass is 79.9. The molecule has 21 heavy (non-hydrogen) atoms. The highest BCUT2D eigenvalue weighted by Crippen LogP contribution is 2.29. The summed E-state index contributed by atoms with van der Waals surface area (Å²) in [5, 5.41) is 0. The molecule has 9 heteroatoms. The highest BCUT2D eigenvalue weighted by molar-refractivity contribution is 9.10. The Morgan fingerprint density at radius 2 is 1.71 bits per heavy atom. The molecule has 0 radical (unpaired) electrons. The van der Waals surface area contributed by atoms with Crippen molar-refractivity contribution >= 4 is 53.3 Å².